The Morgan fingerprint density at radius 3 is 3.31 bits per heavy atom. The van der Waals surface area contributed by atoms with Crippen LogP contribution in [0.4, 0.5) is 0 Å². The Morgan fingerprint density at radius 2 is 2.31 bits per heavy atom. The molecule has 2 unspecified atom stereocenters. The maximum absolute atomic E-state index is 4.60. The van der Waals surface area contributed by atoms with Gasteiger partial charge in [-0.1, -0.05) is 17.7 Å². The van der Waals surface area contributed by atoms with Crippen molar-refractivity contribution in [2.24, 2.45) is 15.8 Å². The van der Waals surface area contributed by atoms with Crippen LogP contribution in [-0.2, 0) is 0 Å². The normalized spacial score (nSPS) is 49.2. The van der Waals surface area contributed by atoms with E-state index in [1.165, 1.54) is 37.8 Å². The molecular weight excluding hydrogens is 158 g/mol. The Balaban J connectivity index is 2.03. The summed E-state index contributed by atoms with van der Waals surface area (Å²) in [5.41, 5.74) is 4.25. The van der Waals surface area contributed by atoms with Gasteiger partial charge in [0.1, 0.15) is 0 Å². The number of hydrogen-bond acceptors (Lipinski definition) is 1. The Hall–Kier alpha value is -0.850. The summed E-state index contributed by atoms with van der Waals surface area (Å²) in [6.45, 7) is 0. The topological polar surface area (TPSA) is 12.4 Å². The average molecular weight is 171 g/mol. The third-order valence-electron chi connectivity index (χ3n) is 4.58. The molecule has 3 aliphatic carbocycles. The van der Waals surface area contributed by atoms with Crippen molar-refractivity contribution in [3.05, 3.63) is 23.9 Å². The molecule has 0 amide bonds. The van der Waals surface area contributed by atoms with Gasteiger partial charge < -0.3 is 0 Å². The highest BCUT2D eigenvalue weighted by Crippen LogP contribution is 2.79. The van der Waals surface area contributed by atoms with E-state index in [2.05, 4.69) is 23.3 Å². The first-order chi connectivity index (χ1) is 6.37. The van der Waals surface area contributed by atoms with Crippen molar-refractivity contribution in [1.29, 1.82) is 0 Å². The Kier molecular flexibility index (Phi) is 0.850. The second kappa shape index (κ2) is 1.68. The quantitative estimate of drug-likeness (QED) is 0.497. The van der Waals surface area contributed by atoms with Crippen molar-refractivity contribution in [3.8, 4) is 0 Å². The van der Waals surface area contributed by atoms with E-state index in [1.807, 2.05) is 0 Å². The highest BCUT2D eigenvalue weighted by Gasteiger charge is 2.73. The van der Waals surface area contributed by atoms with Crippen molar-refractivity contribution in [1.82, 2.24) is 0 Å². The lowest BCUT2D eigenvalue weighted by molar-refractivity contribution is 0.581. The first-order valence-corrected chi connectivity index (χ1v) is 5.32. The van der Waals surface area contributed by atoms with Gasteiger partial charge in [0.25, 0.3) is 0 Å². The maximum atomic E-state index is 4.60. The van der Waals surface area contributed by atoms with Gasteiger partial charge in [-0.3, -0.25) is 4.99 Å². The van der Waals surface area contributed by atoms with Gasteiger partial charge in [-0.05, 0) is 32.1 Å². The zero-order valence-electron chi connectivity index (χ0n) is 7.71. The molecule has 1 spiro atoms. The van der Waals surface area contributed by atoms with E-state index in [4.69, 9.17) is 0 Å². The van der Waals surface area contributed by atoms with E-state index in [1.54, 1.807) is 5.57 Å². The minimum Gasteiger partial charge on any atom is -0.265 e. The minimum atomic E-state index is 0.472. The summed E-state index contributed by atoms with van der Waals surface area (Å²) in [5.74, 6) is 0. The standard InChI is InChI=1S/C12H13N/c1-2-9-4-5-11-6-7-13-10(3-1)12(9,11)8-11/h2,6-7H,1,3-5,8H2. The SMILES string of the molecule is C1=CC23CCC4=CCCC(=N1)C42C3. The van der Waals surface area contributed by atoms with Crippen molar-refractivity contribution < 1.29 is 0 Å². The van der Waals surface area contributed by atoms with Crippen LogP contribution in [0.3, 0.4) is 0 Å². The van der Waals surface area contributed by atoms with Crippen LogP contribution in [0.1, 0.15) is 32.1 Å². The first kappa shape index (κ1) is 6.58. The fraction of sp³-hybridized carbons (Fsp3) is 0.583. The van der Waals surface area contributed by atoms with E-state index in [-0.39, 0.29) is 0 Å². The molecule has 2 fully saturated rings. The molecular formula is C12H13N. The van der Waals surface area contributed by atoms with Crippen LogP contribution in [0.15, 0.2) is 28.9 Å². The van der Waals surface area contributed by atoms with Crippen LogP contribution in [0, 0.1) is 10.8 Å². The Bertz CT molecular complexity index is 388. The molecule has 66 valence electrons. The first-order valence-electron chi connectivity index (χ1n) is 5.32. The zero-order chi connectivity index (χ0) is 8.52. The second-order valence-electron chi connectivity index (χ2n) is 4.90. The Labute approximate surface area is 78.2 Å². The number of rotatable bonds is 0. The molecule has 4 aliphatic rings. The van der Waals surface area contributed by atoms with Gasteiger partial charge in [0.05, 0.1) is 0 Å². The van der Waals surface area contributed by atoms with Crippen molar-refractivity contribution >= 4 is 5.71 Å². The Morgan fingerprint density at radius 1 is 1.31 bits per heavy atom. The molecule has 0 saturated heterocycles. The summed E-state index contributed by atoms with van der Waals surface area (Å²) in [7, 11) is 0. The summed E-state index contributed by atoms with van der Waals surface area (Å²) in [6.07, 6.45) is 13.5. The van der Waals surface area contributed by atoms with Gasteiger partial charge in [0, 0.05) is 22.7 Å². The van der Waals surface area contributed by atoms with Gasteiger partial charge >= 0.3 is 0 Å². The lowest BCUT2D eigenvalue weighted by Gasteiger charge is -2.26. The predicted octanol–water partition coefficient (Wildman–Crippen LogP) is 2.85. The molecule has 0 N–H and O–H groups in total. The zero-order valence-corrected chi connectivity index (χ0v) is 7.71. The van der Waals surface area contributed by atoms with Crippen molar-refractivity contribution in [2.75, 3.05) is 0 Å². The van der Waals surface area contributed by atoms with Crippen LogP contribution in [0.2, 0.25) is 0 Å². The van der Waals surface area contributed by atoms with Crippen LogP contribution < -0.4 is 0 Å². The number of nitrogens with zero attached hydrogens (tertiary/aromatic N) is 1. The smallest absolute Gasteiger partial charge is 0.0396 e. The van der Waals surface area contributed by atoms with Gasteiger partial charge in [-0.2, -0.15) is 0 Å². The molecule has 1 nitrogen and oxygen atoms in total. The van der Waals surface area contributed by atoms with E-state index in [0.717, 1.165) is 0 Å². The number of aliphatic imine (C=N–C) groups is 1. The molecule has 0 bridgehead atoms. The lowest BCUT2D eigenvalue weighted by Crippen LogP contribution is -2.25. The van der Waals surface area contributed by atoms with Crippen molar-refractivity contribution in [2.45, 2.75) is 32.1 Å². The van der Waals surface area contributed by atoms with Gasteiger partial charge in [0.2, 0.25) is 0 Å². The van der Waals surface area contributed by atoms with Crippen LogP contribution >= 0.6 is 0 Å². The highest BCUT2D eigenvalue weighted by molar-refractivity contribution is 6.00. The largest absolute Gasteiger partial charge is 0.265 e. The molecule has 2 saturated carbocycles. The molecule has 13 heavy (non-hydrogen) atoms. The minimum absolute atomic E-state index is 0.472. The number of hydrogen-bond donors (Lipinski definition) is 0. The van der Waals surface area contributed by atoms with E-state index >= 15 is 0 Å². The molecule has 1 aliphatic heterocycles. The van der Waals surface area contributed by atoms with Gasteiger partial charge in [-0.25, -0.2) is 0 Å². The molecule has 2 atom stereocenters. The molecule has 0 aromatic carbocycles. The summed E-state index contributed by atoms with van der Waals surface area (Å²) in [5, 5.41) is 0. The number of allylic oxidation sites excluding steroid dienone is 3. The summed E-state index contributed by atoms with van der Waals surface area (Å²) in [4.78, 5) is 4.60. The monoisotopic (exact) mass is 171 g/mol. The molecule has 1 heteroatoms. The fourth-order valence-corrected chi connectivity index (χ4v) is 3.91. The fourth-order valence-electron chi connectivity index (χ4n) is 3.91. The summed E-state index contributed by atoms with van der Waals surface area (Å²) >= 11 is 0. The van der Waals surface area contributed by atoms with Gasteiger partial charge in [0.15, 0.2) is 0 Å². The summed E-state index contributed by atoms with van der Waals surface area (Å²) in [6, 6.07) is 0. The molecule has 1 heterocycles. The van der Waals surface area contributed by atoms with Crippen LogP contribution in [0.25, 0.3) is 0 Å². The van der Waals surface area contributed by atoms with Crippen LogP contribution in [-0.4, -0.2) is 5.71 Å². The molecule has 0 aromatic rings. The van der Waals surface area contributed by atoms with Gasteiger partial charge in [-0.15, -0.1) is 0 Å². The predicted molar refractivity (Wildman–Crippen MR) is 52.6 cm³/mol. The van der Waals surface area contributed by atoms with E-state index in [9.17, 15) is 0 Å². The van der Waals surface area contributed by atoms with E-state index in [0.29, 0.717) is 10.8 Å². The maximum Gasteiger partial charge on any atom is 0.0396 e. The van der Waals surface area contributed by atoms with Crippen LogP contribution in [0.5, 0.6) is 0 Å². The third-order valence-corrected chi connectivity index (χ3v) is 4.58. The van der Waals surface area contributed by atoms with E-state index < -0.39 is 0 Å². The third kappa shape index (κ3) is 0.501. The average Bonchev–Trinajstić information content (AvgIpc) is 2.74. The second-order valence-corrected chi connectivity index (χ2v) is 4.90. The highest BCUT2D eigenvalue weighted by atomic mass is 14.9. The summed E-state index contributed by atoms with van der Waals surface area (Å²) < 4.78 is 0. The molecule has 4 rings (SSSR count). The molecule has 0 aromatic heterocycles. The molecule has 0 radical (unpaired) electrons. The van der Waals surface area contributed by atoms with Crippen molar-refractivity contribution in [3.63, 3.8) is 0 Å². The lowest BCUT2D eigenvalue weighted by atomic mass is 9.80.